The summed E-state index contributed by atoms with van der Waals surface area (Å²) in [4.78, 5) is 24.5. The first kappa shape index (κ1) is 21.8. The summed E-state index contributed by atoms with van der Waals surface area (Å²) < 4.78 is 13.7. The van der Waals surface area contributed by atoms with Crippen LogP contribution < -0.4 is 20.3 Å². The molecule has 2 aromatic heterocycles. The molecule has 2 aliphatic heterocycles. The number of hydrogen-bond donors (Lipinski definition) is 2. The summed E-state index contributed by atoms with van der Waals surface area (Å²) in [7, 11) is 1.80. The van der Waals surface area contributed by atoms with Gasteiger partial charge in [-0.05, 0) is 56.9 Å². The Balaban J connectivity index is 1.26. The van der Waals surface area contributed by atoms with E-state index in [2.05, 4.69) is 27.6 Å². The second kappa shape index (κ2) is 8.53. The van der Waals surface area contributed by atoms with Crippen molar-refractivity contribution in [2.24, 2.45) is 7.05 Å². The number of benzene rings is 1. The third-order valence-electron chi connectivity index (χ3n) is 6.89. The number of hydrogen-bond acceptors (Lipinski definition) is 7. The number of nitrogens with one attached hydrogen (secondary N) is 2. The van der Waals surface area contributed by atoms with E-state index in [1.54, 1.807) is 24.0 Å². The summed E-state index contributed by atoms with van der Waals surface area (Å²) in [5.41, 5.74) is 2.60. The Morgan fingerprint density at radius 1 is 1.11 bits per heavy atom. The van der Waals surface area contributed by atoms with Gasteiger partial charge in [0.1, 0.15) is 11.4 Å². The monoisotopic (exact) mass is 475 g/mol. The van der Waals surface area contributed by atoms with Gasteiger partial charge >= 0.3 is 6.03 Å². The molecule has 4 heterocycles. The van der Waals surface area contributed by atoms with Crippen LogP contribution in [-0.2, 0) is 18.2 Å². The third-order valence-corrected chi connectivity index (χ3v) is 6.89. The molecule has 3 aromatic rings. The summed E-state index contributed by atoms with van der Waals surface area (Å²) in [6, 6.07) is 9.13. The van der Waals surface area contributed by atoms with E-state index in [0.29, 0.717) is 36.4 Å². The normalized spacial score (nSPS) is 20.2. The molecule has 182 valence electrons. The van der Waals surface area contributed by atoms with Crippen LogP contribution in [0.3, 0.4) is 0 Å². The van der Waals surface area contributed by atoms with Crippen molar-refractivity contribution in [3.8, 4) is 17.3 Å². The van der Waals surface area contributed by atoms with E-state index in [0.717, 1.165) is 49.2 Å². The minimum Gasteiger partial charge on any atom is -0.471 e. The van der Waals surface area contributed by atoms with E-state index in [1.165, 1.54) is 0 Å². The first-order valence-corrected chi connectivity index (χ1v) is 12.1. The van der Waals surface area contributed by atoms with Crippen LogP contribution in [0.25, 0.3) is 11.4 Å². The van der Waals surface area contributed by atoms with E-state index in [-0.39, 0.29) is 17.7 Å². The van der Waals surface area contributed by atoms with Crippen molar-refractivity contribution in [3.05, 3.63) is 42.1 Å². The summed E-state index contributed by atoms with van der Waals surface area (Å²) in [6.45, 7) is 4.32. The van der Waals surface area contributed by atoms with Crippen LogP contribution in [0.5, 0.6) is 5.88 Å². The molecule has 1 atom stereocenters. The minimum absolute atomic E-state index is 0.0265. The Morgan fingerprint density at radius 2 is 1.94 bits per heavy atom. The number of nitrogens with zero attached hydrogens (tertiary/aromatic N) is 5. The summed E-state index contributed by atoms with van der Waals surface area (Å²) >= 11 is 0. The number of amides is 2. The number of fused-ring (bicyclic) bond motifs is 1. The maximum absolute atomic E-state index is 12.3. The lowest BCUT2D eigenvalue weighted by molar-refractivity contribution is 0.0978. The van der Waals surface area contributed by atoms with Gasteiger partial charge in [0.25, 0.3) is 0 Å². The highest BCUT2D eigenvalue weighted by Gasteiger charge is 2.49. The van der Waals surface area contributed by atoms with Crippen molar-refractivity contribution in [1.29, 1.82) is 0 Å². The summed E-state index contributed by atoms with van der Waals surface area (Å²) in [5.74, 6) is 2.78. The Bertz CT molecular complexity index is 1250. The number of anilines is 3. The molecule has 6 rings (SSSR count). The van der Waals surface area contributed by atoms with Gasteiger partial charge in [-0.2, -0.15) is 10.1 Å². The zero-order chi connectivity index (χ0) is 24.0. The largest absolute Gasteiger partial charge is 0.471 e. The van der Waals surface area contributed by atoms with E-state index in [4.69, 9.17) is 19.4 Å². The van der Waals surface area contributed by atoms with Crippen LogP contribution >= 0.6 is 0 Å². The number of carbonyl (C=O) groups is 1. The second-order valence-corrected chi connectivity index (χ2v) is 9.59. The maximum atomic E-state index is 12.3. The number of rotatable bonds is 4. The van der Waals surface area contributed by atoms with Gasteiger partial charge in [-0.1, -0.05) is 0 Å². The summed E-state index contributed by atoms with van der Waals surface area (Å²) in [5, 5.41) is 9.70. The number of ether oxygens (including phenoxy) is 2. The molecule has 1 spiro atoms. The van der Waals surface area contributed by atoms with E-state index < -0.39 is 0 Å². The van der Waals surface area contributed by atoms with Gasteiger partial charge in [0.05, 0.1) is 24.8 Å². The number of morpholine rings is 1. The lowest BCUT2D eigenvalue weighted by Gasteiger charge is -2.37. The van der Waals surface area contributed by atoms with Gasteiger partial charge in [0, 0.05) is 37.1 Å². The van der Waals surface area contributed by atoms with Gasteiger partial charge < -0.3 is 19.7 Å². The third kappa shape index (κ3) is 4.41. The molecule has 2 fully saturated rings. The second-order valence-electron chi connectivity index (χ2n) is 9.59. The van der Waals surface area contributed by atoms with Gasteiger partial charge in [-0.3, -0.25) is 10.00 Å². The Morgan fingerprint density at radius 3 is 2.66 bits per heavy atom. The quantitative estimate of drug-likeness (QED) is 0.594. The van der Waals surface area contributed by atoms with E-state index in [1.807, 2.05) is 24.3 Å². The first-order chi connectivity index (χ1) is 17.0. The Kier molecular flexibility index (Phi) is 5.32. The molecule has 1 saturated carbocycles. The van der Waals surface area contributed by atoms with Crippen molar-refractivity contribution in [2.75, 3.05) is 35.3 Å². The highest BCUT2D eigenvalue weighted by Crippen LogP contribution is 2.49. The van der Waals surface area contributed by atoms with Gasteiger partial charge in [-0.15, -0.1) is 0 Å². The topological polar surface area (TPSA) is 106 Å². The molecule has 35 heavy (non-hydrogen) atoms. The first-order valence-electron chi connectivity index (χ1n) is 12.1. The molecular weight excluding hydrogens is 446 g/mol. The molecule has 1 aromatic carbocycles. The number of urea groups is 1. The summed E-state index contributed by atoms with van der Waals surface area (Å²) in [6.07, 6.45) is 5.91. The van der Waals surface area contributed by atoms with Crippen LogP contribution in [0.1, 0.15) is 31.7 Å². The molecule has 1 unspecified atom stereocenters. The lowest BCUT2D eigenvalue weighted by atomic mass is 10.0. The smallest absolute Gasteiger partial charge is 0.324 e. The SMILES string of the molecule is CC1COCCN1c1nc(-c2ccc(NC(=O)Nc3ccn(C)n3)cc2)nc2c1CCC1(CC1)O2. The molecule has 1 aliphatic carbocycles. The van der Waals surface area contributed by atoms with Crippen molar-refractivity contribution in [2.45, 2.75) is 44.2 Å². The van der Waals surface area contributed by atoms with Gasteiger partial charge in [0.2, 0.25) is 5.88 Å². The standard InChI is InChI=1S/C25H29N7O3/c1-16-15-34-14-13-32(16)22-19-7-9-25(10-11-25)35-23(19)29-21(28-22)17-3-5-18(6-4-17)26-24(33)27-20-8-12-31(2)30-20/h3-6,8,12,16H,7,9-11,13-15H2,1-2H3,(H2,26,27,30,33). The van der Waals surface area contributed by atoms with Crippen LogP contribution in [0.2, 0.25) is 0 Å². The predicted molar refractivity (Wildman–Crippen MR) is 132 cm³/mol. The van der Waals surface area contributed by atoms with Gasteiger partial charge in [0.15, 0.2) is 11.6 Å². The molecule has 2 amide bonds. The average molecular weight is 476 g/mol. The highest BCUT2D eigenvalue weighted by atomic mass is 16.5. The van der Waals surface area contributed by atoms with Crippen molar-refractivity contribution >= 4 is 23.4 Å². The molecule has 2 N–H and O–H groups in total. The maximum Gasteiger partial charge on any atom is 0.324 e. The molecular formula is C25H29N7O3. The number of aryl methyl sites for hydroxylation is 1. The Labute approximate surface area is 203 Å². The fourth-order valence-corrected chi connectivity index (χ4v) is 4.73. The van der Waals surface area contributed by atoms with Crippen molar-refractivity contribution in [1.82, 2.24) is 19.7 Å². The van der Waals surface area contributed by atoms with Crippen LogP contribution in [0.4, 0.5) is 22.1 Å². The molecule has 0 radical (unpaired) electrons. The lowest BCUT2D eigenvalue weighted by Crippen LogP contribution is -2.45. The predicted octanol–water partition coefficient (Wildman–Crippen LogP) is 3.60. The van der Waals surface area contributed by atoms with Crippen LogP contribution in [0.15, 0.2) is 36.5 Å². The number of carbonyl (C=O) groups excluding carboxylic acids is 1. The molecule has 10 heteroatoms. The fourth-order valence-electron chi connectivity index (χ4n) is 4.73. The van der Waals surface area contributed by atoms with Crippen molar-refractivity contribution in [3.63, 3.8) is 0 Å². The zero-order valence-corrected chi connectivity index (χ0v) is 20.0. The van der Waals surface area contributed by atoms with Crippen molar-refractivity contribution < 1.29 is 14.3 Å². The average Bonchev–Trinajstić information content (AvgIpc) is 3.47. The van der Waals surface area contributed by atoms with E-state index >= 15 is 0 Å². The Hall–Kier alpha value is -3.66. The number of aromatic nitrogens is 4. The fraction of sp³-hybridized carbons (Fsp3) is 0.440. The minimum atomic E-state index is -0.354. The van der Waals surface area contributed by atoms with Crippen LogP contribution in [0, 0.1) is 0 Å². The van der Waals surface area contributed by atoms with E-state index in [9.17, 15) is 4.79 Å². The molecule has 0 bridgehead atoms. The van der Waals surface area contributed by atoms with Crippen LogP contribution in [-0.4, -0.2) is 57.2 Å². The highest BCUT2D eigenvalue weighted by molar-refractivity contribution is 5.99. The molecule has 3 aliphatic rings. The zero-order valence-electron chi connectivity index (χ0n) is 20.0. The molecule has 10 nitrogen and oxygen atoms in total. The van der Waals surface area contributed by atoms with Gasteiger partial charge in [-0.25, -0.2) is 9.78 Å². The molecule has 1 saturated heterocycles.